The van der Waals surface area contributed by atoms with E-state index in [4.69, 9.17) is 14.2 Å². The maximum absolute atomic E-state index is 12.9. The molecule has 7 unspecified atom stereocenters. The molecule has 0 amide bonds. The summed E-state index contributed by atoms with van der Waals surface area (Å²) in [7, 11) is 1.26. The van der Waals surface area contributed by atoms with E-state index in [2.05, 4.69) is 0 Å². The molecule has 1 heterocycles. The van der Waals surface area contributed by atoms with Gasteiger partial charge >= 0.3 is 17.9 Å². The van der Waals surface area contributed by atoms with Crippen LogP contribution in [-0.4, -0.2) is 47.3 Å². The monoisotopic (exact) mass is 426 g/mol. The van der Waals surface area contributed by atoms with Crippen LogP contribution in [0.15, 0.2) is 0 Å². The number of fused-ring (bicyclic) bond motifs is 1. The summed E-state index contributed by atoms with van der Waals surface area (Å²) in [6.07, 6.45) is -0.657. The molecule has 0 N–H and O–H groups in total. The first-order valence-electron chi connectivity index (χ1n) is 7.06. The third kappa shape index (κ3) is 2.13. The summed E-state index contributed by atoms with van der Waals surface area (Å²) in [4.78, 5) is 36.1. The number of alkyl halides is 2. The molecule has 0 spiro atoms. The van der Waals surface area contributed by atoms with Crippen LogP contribution in [0.3, 0.4) is 0 Å². The zero-order valence-electron chi connectivity index (χ0n) is 12.1. The van der Waals surface area contributed by atoms with E-state index in [0.29, 0.717) is 6.42 Å². The van der Waals surface area contributed by atoms with Gasteiger partial charge in [-0.1, -0.05) is 22.6 Å². The van der Waals surface area contributed by atoms with Crippen molar-refractivity contribution < 1.29 is 33.0 Å². The Kier molecular flexibility index (Phi) is 3.85. The lowest BCUT2D eigenvalue weighted by atomic mass is 9.78. The van der Waals surface area contributed by atoms with Gasteiger partial charge in [-0.05, 0) is 13.3 Å². The molecule has 8 heteroatoms. The molecule has 0 aromatic rings. The van der Waals surface area contributed by atoms with Crippen molar-refractivity contribution in [2.24, 2.45) is 23.7 Å². The van der Waals surface area contributed by atoms with E-state index in [1.54, 1.807) is 22.6 Å². The minimum atomic E-state index is -1.29. The SMILES string of the molecule is COC(=O)C1C2CC3C(OC(=O)C31)C2OC(=O)C(C)(I)CF. The molecule has 3 rings (SSSR count). The number of hydrogen-bond acceptors (Lipinski definition) is 6. The molecule has 0 radical (unpaired) electrons. The van der Waals surface area contributed by atoms with E-state index in [0.717, 1.165) is 0 Å². The Labute approximate surface area is 140 Å². The van der Waals surface area contributed by atoms with Gasteiger partial charge in [-0.3, -0.25) is 14.4 Å². The molecule has 6 nitrogen and oxygen atoms in total. The first-order chi connectivity index (χ1) is 10.3. The topological polar surface area (TPSA) is 78.9 Å². The van der Waals surface area contributed by atoms with Crippen LogP contribution in [0.1, 0.15) is 13.3 Å². The van der Waals surface area contributed by atoms with Gasteiger partial charge in [0.25, 0.3) is 0 Å². The zero-order valence-corrected chi connectivity index (χ0v) is 14.2. The number of esters is 3. The molecule has 3 fully saturated rings. The van der Waals surface area contributed by atoms with Gasteiger partial charge in [0.1, 0.15) is 22.3 Å². The Hall–Kier alpha value is -0.930. The van der Waals surface area contributed by atoms with E-state index >= 15 is 0 Å². The van der Waals surface area contributed by atoms with Crippen molar-refractivity contribution >= 4 is 40.5 Å². The Morgan fingerprint density at radius 2 is 2.14 bits per heavy atom. The number of carbonyl (C=O) groups is 3. The van der Waals surface area contributed by atoms with E-state index in [1.165, 1.54) is 14.0 Å². The maximum atomic E-state index is 12.9. The highest BCUT2D eigenvalue weighted by molar-refractivity contribution is 14.1. The third-order valence-corrected chi connectivity index (χ3v) is 5.67. The summed E-state index contributed by atoms with van der Waals surface area (Å²) < 4.78 is 27.2. The molecule has 0 aromatic heterocycles. The molecule has 2 bridgehead atoms. The van der Waals surface area contributed by atoms with E-state index in [-0.39, 0.29) is 11.8 Å². The summed E-state index contributed by atoms with van der Waals surface area (Å²) >= 11 is 1.69. The Morgan fingerprint density at radius 1 is 1.45 bits per heavy atom. The van der Waals surface area contributed by atoms with Crippen molar-refractivity contribution in [3.8, 4) is 0 Å². The highest BCUT2D eigenvalue weighted by Gasteiger charge is 2.70. The normalized spacial score (nSPS) is 41.0. The van der Waals surface area contributed by atoms with Crippen LogP contribution in [0.2, 0.25) is 0 Å². The lowest BCUT2D eigenvalue weighted by Gasteiger charge is -2.31. The molecular weight excluding hydrogens is 410 g/mol. The minimum absolute atomic E-state index is 0.134. The molecule has 1 saturated heterocycles. The molecule has 22 heavy (non-hydrogen) atoms. The van der Waals surface area contributed by atoms with E-state index in [9.17, 15) is 18.8 Å². The molecule has 122 valence electrons. The van der Waals surface area contributed by atoms with Gasteiger partial charge in [0, 0.05) is 11.8 Å². The fourth-order valence-corrected chi connectivity index (χ4v) is 4.03. The van der Waals surface area contributed by atoms with Crippen LogP contribution < -0.4 is 0 Å². The quantitative estimate of drug-likeness (QED) is 0.290. The summed E-state index contributed by atoms with van der Waals surface area (Å²) in [5.74, 6) is -3.22. The number of methoxy groups -OCH3 is 1. The van der Waals surface area contributed by atoms with Gasteiger partial charge in [-0.15, -0.1) is 0 Å². The number of rotatable bonds is 4. The zero-order chi connectivity index (χ0) is 16.2. The number of ether oxygens (including phenoxy) is 3. The first-order valence-corrected chi connectivity index (χ1v) is 8.14. The highest BCUT2D eigenvalue weighted by Crippen LogP contribution is 2.59. The molecule has 0 aromatic carbocycles. The summed E-state index contributed by atoms with van der Waals surface area (Å²) in [6, 6.07) is 0. The van der Waals surface area contributed by atoms with Crippen molar-refractivity contribution in [2.45, 2.75) is 29.0 Å². The van der Waals surface area contributed by atoms with Crippen LogP contribution >= 0.6 is 22.6 Å². The molecular formula is C14H16FIO6. The molecule has 2 saturated carbocycles. The maximum Gasteiger partial charge on any atom is 0.324 e. The predicted molar refractivity (Wildman–Crippen MR) is 78.8 cm³/mol. The van der Waals surface area contributed by atoms with Crippen molar-refractivity contribution in [3.63, 3.8) is 0 Å². The second kappa shape index (κ2) is 5.31. The Balaban J connectivity index is 1.84. The van der Waals surface area contributed by atoms with Gasteiger partial charge in [0.15, 0.2) is 0 Å². The average molecular weight is 426 g/mol. The highest BCUT2D eigenvalue weighted by atomic mass is 127. The average Bonchev–Trinajstić information content (AvgIpc) is 3.09. The predicted octanol–water partition coefficient (Wildman–Crippen LogP) is 1.04. The fraction of sp³-hybridized carbons (Fsp3) is 0.786. The van der Waals surface area contributed by atoms with Crippen LogP contribution in [0.5, 0.6) is 0 Å². The van der Waals surface area contributed by atoms with Gasteiger partial charge in [-0.2, -0.15) is 0 Å². The van der Waals surface area contributed by atoms with E-state index in [1.807, 2.05) is 0 Å². The second-order valence-corrected chi connectivity index (χ2v) is 8.62. The molecule has 3 aliphatic rings. The Bertz CT molecular complexity index is 535. The summed E-state index contributed by atoms with van der Waals surface area (Å²) in [6.45, 7) is 0.574. The second-order valence-electron chi connectivity index (χ2n) is 6.24. The van der Waals surface area contributed by atoms with Crippen LogP contribution in [0, 0.1) is 23.7 Å². The van der Waals surface area contributed by atoms with E-state index < -0.39 is 52.0 Å². The van der Waals surface area contributed by atoms with Crippen molar-refractivity contribution in [2.75, 3.05) is 13.8 Å². The van der Waals surface area contributed by atoms with Gasteiger partial charge in [-0.25, -0.2) is 4.39 Å². The first kappa shape index (κ1) is 15.9. The lowest BCUT2D eigenvalue weighted by Crippen LogP contribution is -2.46. The number of halogens is 2. The smallest absolute Gasteiger partial charge is 0.324 e. The van der Waals surface area contributed by atoms with Crippen LogP contribution in [0.4, 0.5) is 4.39 Å². The lowest BCUT2D eigenvalue weighted by molar-refractivity contribution is -0.166. The number of carbonyl (C=O) groups excluding carboxylic acids is 3. The molecule has 2 aliphatic carbocycles. The standard InChI is InChI=1S/C14H16FIO6/c1-14(16,4-15)13(19)22-10-5-3-6-8(7(5)11(17)20-2)12(18)21-9(6)10/h5-10H,3-4H2,1-2H3. The largest absolute Gasteiger partial charge is 0.469 e. The summed E-state index contributed by atoms with van der Waals surface area (Å²) in [5.41, 5.74) is 0. The van der Waals surface area contributed by atoms with Crippen molar-refractivity contribution in [1.29, 1.82) is 0 Å². The molecule has 1 aliphatic heterocycles. The Morgan fingerprint density at radius 3 is 2.73 bits per heavy atom. The third-order valence-electron chi connectivity index (χ3n) is 4.94. The van der Waals surface area contributed by atoms with Gasteiger partial charge < -0.3 is 14.2 Å². The van der Waals surface area contributed by atoms with Crippen LogP contribution in [0.25, 0.3) is 0 Å². The fourth-order valence-electron chi connectivity index (χ4n) is 3.91. The minimum Gasteiger partial charge on any atom is -0.469 e. The summed E-state index contributed by atoms with van der Waals surface area (Å²) in [5, 5.41) is 0. The van der Waals surface area contributed by atoms with Crippen molar-refractivity contribution in [3.05, 3.63) is 0 Å². The van der Waals surface area contributed by atoms with Gasteiger partial charge in [0.05, 0.1) is 18.9 Å². The number of hydrogen-bond donors (Lipinski definition) is 0. The van der Waals surface area contributed by atoms with Crippen molar-refractivity contribution in [1.82, 2.24) is 0 Å². The van der Waals surface area contributed by atoms with Crippen LogP contribution in [-0.2, 0) is 28.6 Å². The molecule has 7 atom stereocenters. The van der Waals surface area contributed by atoms with Gasteiger partial charge in [0.2, 0.25) is 0 Å².